The lowest BCUT2D eigenvalue weighted by atomic mass is 9.95. The molecule has 0 fully saturated rings. The van der Waals surface area contributed by atoms with Gasteiger partial charge in [0.15, 0.2) is 0 Å². The lowest BCUT2D eigenvalue weighted by molar-refractivity contribution is -0.142. The molecule has 0 amide bonds. The van der Waals surface area contributed by atoms with E-state index >= 15 is 0 Å². The number of benzene rings is 1. The Morgan fingerprint density at radius 1 is 1.39 bits per heavy atom. The Balaban J connectivity index is 2.87. The van der Waals surface area contributed by atoms with Gasteiger partial charge in [0.25, 0.3) is 0 Å². The molecule has 0 saturated carbocycles. The van der Waals surface area contributed by atoms with Gasteiger partial charge in [-0.3, -0.25) is 4.79 Å². The summed E-state index contributed by atoms with van der Waals surface area (Å²) in [6.45, 7) is 3.77. The molecular formula is C13H17F2NO2. The van der Waals surface area contributed by atoms with Crippen molar-refractivity contribution in [2.75, 3.05) is 18.5 Å². The van der Waals surface area contributed by atoms with Crippen molar-refractivity contribution in [1.29, 1.82) is 0 Å². The second-order valence-electron chi connectivity index (χ2n) is 4.67. The Morgan fingerprint density at radius 3 is 2.44 bits per heavy atom. The van der Waals surface area contributed by atoms with Crippen molar-refractivity contribution in [3.8, 4) is 0 Å². The lowest BCUT2D eigenvalue weighted by Gasteiger charge is -2.25. The molecule has 0 aliphatic carbocycles. The van der Waals surface area contributed by atoms with Crippen LogP contribution < -0.4 is 4.90 Å². The maximum absolute atomic E-state index is 13.5. The van der Waals surface area contributed by atoms with Crippen LogP contribution in [0.25, 0.3) is 0 Å². The predicted molar refractivity (Wildman–Crippen MR) is 65.6 cm³/mol. The number of hydrogen-bond acceptors (Lipinski definition) is 2. The molecule has 1 aromatic rings. The summed E-state index contributed by atoms with van der Waals surface area (Å²) >= 11 is 0. The molecule has 0 radical (unpaired) electrons. The molecule has 18 heavy (non-hydrogen) atoms. The van der Waals surface area contributed by atoms with Crippen LogP contribution in [0.2, 0.25) is 0 Å². The molecule has 1 aromatic carbocycles. The SMILES string of the molecule is CC(C)C(CN(C)c1ccc(F)cc1F)C(=O)O. The average molecular weight is 257 g/mol. The summed E-state index contributed by atoms with van der Waals surface area (Å²) in [7, 11) is 1.59. The summed E-state index contributed by atoms with van der Waals surface area (Å²) in [5.74, 6) is -2.92. The number of carbonyl (C=O) groups is 1. The second-order valence-corrected chi connectivity index (χ2v) is 4.67. The van der Waals surface area contributed by atoms with E-state index in [1.165, 1.54) is 11.0 Å². The van der Waals surface area contributed by atoms with Crippen molar-refractivity contribution in [3.63, 3.8) is 0 Å². The number of carboxylic acids is 1. The van der Waals surface area contributed by atoms with Crippen LogP contribution in [0.4, 0.5) is 14.5 Å². The minimum Gasteiger partial charge on any atom is -0.481 e. The first-order chi connectivity index (χ1) is 8.32. The monoisotopic (exact) mass is 257 g/mol. The van der Waals surface area contributed by atoms with Gasteiger partial charge in [-0.05, 0) is 18.1 Å². The van der Waals surface area contributed by atoms with Gasteiger partial charge in [0.2, 0.25) is 0 Å². The van der Waals surface area contributed by atoms with Gasteiger partial charge in [-0.2, -0.15) is 0 Å². The number of rotatable bonds is 5. The van der Waals surface area contributed by atoms with Crippen molar-refractivity contribution in [3.05, 3.63) is 29.8 Å². The largest absolute Gasteiger partial charge is 0.481 e. The van der Waals surface area contributed by atoms with Crippen molar-refractivity contribution >= 4 is 11.7 Å². The maximum Gasteiger partial charge on any atom is 0.308 e. The molecule has 0 spiro atoms. The predicted octanol–water partition coefficient (Wildman–Crippen LogP) is 2.76. The van der Waals surface area contributed by atoms with Crippen LogP contribution >= 0.6 is 0 Å². The minimum atomic E-state index is -0.917. The van der Waals surface area contributed by atoms with E-state index < -0.39 is 23.5 Å². The van der Waals surface area contributed by atoms with E-state index in [-0.39, 0.29) is 18.2 Å². The highest BCUT2D eigenvalue weighted by Crippen LogP contribution is 2.22. The molecule has 0 heterocycles. The van der Waals surface area contributed by atoms with Gasteiger partial charge in [-0.1, -0.05) is 13.8 Å². The highest BCUT2D eigenvalue weighted by molar-refractivity contribution is 5.71. The van der Waals surface area contributed by atoms with E-state index in [1.807, 2.05) is 0 Å². The van der Waals surface area contributed by atoms with E-state index in [2.05, 4.69) is 0 Å². The highest BCUT2D eigenvalue weighted by atomic mass is 19.1. The number of aliphatic carboxylic acids is 1. The number of nitrogens with zero attached hydrogens (tertiary/aromatic N) is 1. The van der Waals surface area contributed by atoms with Crippen LogP contribution in [0.3, 0.4) is 0 Å². The van der Waals surface area contributed by atoms with Gasteiger partial charge in [-0.15, -0.1) is 0 Å². The van der Waals surface area contributed by atoms with Gasteiger partial charge >= 0.3 is 5.97 Å². The first kappa shape index (κ1) is 14.4. The van der Waals surface area contributed by atoms with Gasteiger partial charge in [0, 0.05) is 19.7 Å². The number of carboxylic acid groups (broad SMARTS) is 1. The Hall–Kier alpha value is -1.65. The van der Waals surface area contributed by atoms with E-state index in [4.69, 9.17) is 5.11 Å². The van der Waals surface area contributed by atoms with Gasteiger partial charge in [0.05, 0.1) is 11.6 Å². The van der Waals surface area contributed by atoms with E-state index in [9.17, 15) is 13.6 Å². The molecule has 1 unspecified atom stereocenters. The summed E-state index contributed by atoms with van der Waals surface area (Å²) in [6.07, 6.45) is 0. The van der Waals surface area contributed by atoms with Crippen LogP contribution in [0.5, 0.6) is 0 Å². The summed E-state index contributed by atoms with van der Waals surface area (Å²) < 4.78 is 26.3. The number of halogens is 2. The van der Waals surface area contributed by atoms with Crippen LogP contribution in [0.1, 0.15) is 13.8 Å². The van der Waals surface area contributed by atoms with Crippen molar-refractivity contribution in [2.24, 2.45) is 11.8 Å². The number of anilines is 1. The fraction of sp³-hybridized carbons (Fsp3) is 0.462. The van der Waals surface area contributed by atoms with Crippen LogP contribution in [0, 0.1) is 23.5 Å². The van der Waals surface area contributed by atoms with Crippen LogP contribution in [0.15, 0.2) is 18.2 Å². The molecule has 5 heteroatoms. The zero-order valence-electron chi connectivity index (χ0n) is 10.7. The third-order valence-electron chi connectivity index (χ3n) is 2.91. The van der Waals surface area contributed by atoms with Crippen LogP contribution in [-0.4, -0.2) is 24.7 Å². The first-order valence-corrected chi connectivity index (χ1v) is 5.72. The highest BCUT2D eigenvalue weighted by Gasteiger charge is 2.24. The maximum atomic E-state index is 13.5. The molecule has 1 N–H and O–H groups in total. The average Bonchev–Trinajstić information content (AvgIpc) is 2.24. The first-order valence-electron chi connectivity index (χ1n) is 5.72. The molecule has 100 valence electrons. The fourth-order valence-corrected chi connectivity index (χ4v) is 1.76. The van der Waals surface area contributed by atoms with Gasteiger partial charge in [-0.25, -0.2) is 8.78 Å². The van der Waals surface area contributed by atoms with Crippen molar-refractivity contribution in [1.82, 2.24) is 0 Å². The summed E-state index contributed by atoms with van der Waals surface area (Å²) in [4.78, 5) is 12.6. The second kappa shape index (κ2) is 5.80. The smallest absolute Gasteiger partial charge is 0.308 e. The molecule has 0 aromatic heterocycles. The lowest BCUT2D eigenvalue weighted by Crippen LogP contribution is -2.34. The summed E-state index contributed by atoms with van der Waals surface area (Å²) in [5.41, 5.74) is 0.198. The third kappa shape index (κ3) is 3.42. The van der Waals surface area contributed by atoms with E-state index in [0.29, 0.717) is 0 Å². The minimum absolute atomic E-state index is 0.0616. The van der Waals surface area contributed by atoms with Gasteiger partial charge in [0.1, 0.15) is 11.6 Å². The molecule has 3 nitrogen and oxygen atoms in total. The quantitative estimate of drug-likeness (QED) is 0.881. The van der Waals surface area contributed by atoms with Crippen molar-refractivity contribution in [2.45, 2.75) is 13.8 Å². The molecule has 0 bridgehead atoms. The summed E-state index contributed by atoms with van der Waals surface area (Å²) in [6, 6.07) is 3.25. The summed E-state index contributed by atoms with van der Waals surface area (Å²) in [5, 5.41) is 9.07. The standard InChI is InChI=1S/C13H17F2NO2/c1-8(2)10(13(17)18)7-16(3)12-5-4-9(14)6-11(12)15/h4-6,8,10H,7H2,1-3H3,(H,17,18). The Labute approximate surface area is 105 Å². The van der Waals surface area contributed by atoms with Gasteiger partial charge < -0.3 is 10.0 Å². The molecule has 1 atom stereocenters. The van der Waals surface area contributed by atoms with Crippen LogP contribution in [-0.2, 0) is 4.79 Å². The molecule has 1 rings (SSSR count). The zero-order valence-corrected chi connectivity index (χ0v) is 10.7. The normalized spacial score (nSPS) is 12.6. The topological polar surface area (TPSA) is 40.5 Å². The van der Waals surface area contributed by atoms with E-state index in [0.717, 1.165) is 12.1 Å². The third-order valence-corrected chi connectivity index (χ3v) is 2.91. The van der Waals surface area contributed by atoms with Crippen molar-refractivity contribution < 1.29 is 18.7 Å². The molecule has 0 aliphatic heterocycles. The Morgan fingerprint density at radius 2 is 2.00 bits per heavy atom. The Kier molecular flexibility index (Phi) is 4.64. The number of hydrogen-bond donors (Lipinski definition) is 1. The molecular weight excluding hydrogens is 240 g/mol. The Bertz CT molecular complexity index is 435. The zero-order chi connectivity index (χ0) is 13.9. The molecule has 0 aliphatic rings. The fourth-order valence-electron chi connectivity index (χ4n) is 1.76. The molecule has 0 saturated heterocycles. The van der Waals surface area contributed by atoms with E-state index in [1.54, 1.807) is 20.9 Å².